The van der Waals surface area contributed by atoms with Crippen LogP contribution in [0, 0.1) is 11.6 Å². The molecule has 176 valence electrons. The number of aromatic nitrogens is 1. The van der Waals surface area contributed by atoms with Gasteiger partial charge < -0.3 is 9.47 Å². The van der Waals surface area contributed by atoms with Crippen molar-refractivity contribution < 1.29 is 23.0 Å². The molecule has 35 heavy (non-hydrogen) atoms. The van der Waals surface area contributed by atoms with Crippen LogP contribution < -0.4 is 14.9 Å². The Balaban J connectivity index is 1.51. The van der Waals surface area contributed by atoms with Crippen LogP contribution in [0.5, 0.6) is 11.5 Å². The van der Waals surface area contributed by atoms with Gasteiger partial charge in [0.05, 0.1) is 11.8 Å². The summed E-state index contributed by atoms with van der Waals surface area (Å²) in [4.78, 5) is 16.1. The Morgan fingerprint density at radius 1 is 0.886 bits per heavy atom. The molecule has 0 aliphatic rings. The first-order valence-corrected chi connectivity index (χ1v) is 10.7. The average Bonchev–Trinajstić information content (AvgIpc) is 2.89. The number of pyridine rings is 1. The number of benzene rings is 3. The van der Waals surface area contributed by atoms with Crippen molar-refractivity contribution in [1.82, 2.24) is 10.4 Å². The summed E-state index contributed by atoms with van der Waals surface area (Å²) in [5, 5.41) is 3.99. The van der Waals surface area contributed by atoms with E-state index in [4.69, 9.17) is 9.47 Å². The monoisotopic (exact) mass is 473 g/mol. The Labute approximate surface area is 200 Å². The van der Waals surface area contributed by atoms with Gasteiger partial charge >= 0.3 is 0 Å². The molecule has 4 rings (SSSR count). The Hall–Kier alpha value is -4.59. The minimum Gasteiger partial charge on any atom is -0.489 e. The minimum absolute atomic E-state index is 0.0219. The van der Waals surface area contributed by atoms with E-state index in [0.717, 1.165) is 0 Å². The normalized spacial score (nSPS) is 10.8. The van der Waals surface area contributed by atoms with E-state index >= 15 is 0 Å². The molecule has 8 heteroatoms. The van der Waals surface area contributed by atoms with E-state index in [1.807, 2.05) is 0 Å². The molecule has 0 atom stereocenters. The van der Waals surface area contributed by atoms with Crippen molar-refractivity contribution >= 4 is 12.1 Å². The van der Waals surface area contributed by atoms with E-state index in [0.29, 0.717) is 33.8 Å². The lowest BCUT2D eigenvalue weighted by Crippen LogP contribution is -2.17. The number of nitrogens with zero attached hydrogens (tertiary/aromatic N) is 2. The SMILES string of the molecule is O=C(N/N=C/c1ccc(OCc2ccccc2F)cc1OCc1ccccc1F)c1cccnc1. The van der Waals surface area contributed by atoms with Gasteiger partial charge in [-0.05, 0) is 36.4 Å². The summed E-state index contributed by atoms with van der Waals surface area (Å²) in [7, 11) is 0. The number of hydrogen-bond acceptors (Lipinski definition) is 5. The molecule has 0 fully saturated rings. The van der Waals surface area contributed by atoms with Crippen LogP contribution in [-0.4, -0.2) is 17.1 Å². The molecule has 0 unspecified atom stereocenters. The van der Waals surface area contributed by atoms with Gasteiger partial charge in [-0.1, -0.05) is 36.4 Å². The zero-order valence-electron chi connectivity index (χ0n) is 18.5. The van der Waals surface area contributed by atoms with Crippen LogP contribution in [0.4, 0.5) is 8.78 Å². The van der Waals surface area contributed by atoms with Gasteiger partial charge in [0.15, 0.2) is 0 Å². The zero-order valence-corrected chi connectivity index (χ0v) is 18.5. The first-order valence-electron chi connectivity index (χ1n) is 10.7. The summed E-state index contributed by atoms with van der Waals surface area (Å²) in [6, 6.07) is 20.8. The van der Waals surface area contributed by atoms with Crippen LogP contribution in [0.3, 0.4) is 0 Å². The van der Waals surface area contributed by atoms with Crippen LogP contribution in [0.2, 0.25) is 0 Å². The summed E-state index contributed by atoms with van der Waals surface area (Å²) in [6.45, 7) is -0.0135. The van der Waals surface area contributed by atoms with Crippen molar-refractivity contribution in [2.24, 2.45) is 5.10 Å². The van der Waals surface area contributed by atoms with Crippen LogP contribution >= 0.6 is 0 Å². The summed E-state index contributed by atoms with van der Waals surface area (Å²) in [5.74, 6) is -0.407. The Morgan fingerprint density at radius 3 is 2.23 bits per heavy atom. The molecule has 1 aromatic heterocycles. The van der Waals surface area contributed by atoms with E-state index in [1.54, 1.807) is 72.9 Å². The highest BCUT2D eigenvalue weighted by molar-refractivity contribution is 5.94. The molecule has 4 aromatic rings. The second-order valence-electron chi connectivity index (χ2n) is 7.40. The lowest BCUT2D eigenvalue weighted by Gasteiger charge is -2.13. The van der Waals surface area contributed by atoms with Crippen molar-refractivity contribution in [3.63, 3.8) is 0 Å². The van der Waals surface area contributed by atoms with E-state index in [-0.39, 0.29) is 19.0 Å². The molecule has 0 bridgehead atoms. The van der Waals surface area contributed by atoms with Gasteiger partial charge in [-0.15, -0.1) is 0 Å². The molecule has 1 amide bonds. The highest BCUT2D eigenvalue weighted by Crippen LogP contribution is 2.26. The fraction of sp³-hybridized carbons (Fsp3) is 0.0741. The molecule has 6 nitrogen and oxygen atoms in total. The quantitative estimate of drug-likeness (QED) is 0.265. The molecule has 0 aliphatic heterocycles. The minimum atomic E-state index is -0.423. The Bertz CT molecular complexity index is 1330. The molecule has 1 N–H and O–H groups in total. The number of carbonyl (C=O) groups is 1. The third-order valence-electron chi connectivity index (χ3n) is 4.97. The predicted molar refractivity (Wildman–Crippen MR) is 127 cm³/mol. The Morgan fingerprint density at radius 2 is 1.57 bits per heavy atom. The number of rotatable bonds is 9. The molecular formula is C27H21F2N3O3. The summed E-state index contributed by atoms with van der Waals surface area (Å²) in [5.41, 5.74) is 4.09. The summed E-state index contributed by atoms with van der Waals surface area (Å²) < 4.78 is 39.5. The second-order valence-corrected chi connectivity index (χ2v) is 7.40. The second kappa shape index (κ2) is 11.5. The largest absolute Gasteiger partial charge is 0.489 e. The lowest BCUT2D eigenvalue weighted by molar-refractivity contribution is 0.0954. The number of nitrogens with one attached hydrogen (secondary N) is 1. The van der Waals surface area contributed by atoms with Crippen LogP contribution in [0.25, 0.3) is 0 Å². The van der Waals surface area contributed by atoms with Crippen molar-refractivity contribution in [3.05, 3.63) is 125 Å². The van der Waals surface area contributed by atoms with Gasteiger partial charge in [-0.25, -0.2) is 14.2 Å². The van der Waals surface area contributed by atoms with Crippen molar-refractivity contribution in [1.29, 1.82) is 0 Å². The molecule has 1 heterocycles. The molecule has 3 aromatic carbocycles. The number of carbonyl (C=O) groups excluding carboxylic acids is 1. The highest BCUT2D eigenvalue weighted by Gasteiger charge is 2.10. The third kappa shape index (κ3) is 6.48. The maximum absolute atomic E-state index is 14.1. The topological polar surface area (TPSA) is 72.8 Å². The van der Waals surface area contributed by atoms with E-state index < -0.39 is 11.7 Å². The molecule has 0 aliphatic carbocycles. The van der Waals surface area contributed by atoms with E-state index in [2.05, 4.69) is 15.5 Å². The number of amides is 1. The first kappa shape index (κ1) is 23.6. The maximum Gasteiger partial charge on any atom is 0.272 e. The number of hydrogen-bond donors (Lipinski definition) is 1. The van der Waals surface area contributed by atoms with E-state index in [9.17, 15) is 13.6 Å². The molecule has 0 spiro atoms. The standard InChI is InChI=1S/C27H21F2N3O3/c28-24-9-3-1-6-21(24)17-34-23-12-11-19(16-31-32-27(33)20-8-5-13-30-15-20)26(14-23)35-18-22-7-2-4-10-25(22)29/h1-16H,17-18H2,(H,32,33)/b31-16+. The Kier molecular flexibility index (Phi) is 7.75. The fourth-order valence-electron chi connectivity index (χ4n) is 3.11. The fourth-order valence-corrected chi connectivity index (χ4v) is 3.11. The highest BCUT2D eigenvalue weighted by atomic mass is 19.1. The summed E-state index contributed by atoms with van der Waals surface area (Å²) in [6.07, 6.45) is 4.40. The number of hydrazone groups is 1. The van der Waals surface area contributed by atoms with Gasteiger partial charge in [0.25, 0.3) is 5.91 Å². The van der Waals surface area contributed by atoms with Crippen LogP contribution in [-0.2, 0) is 13.2 Å². The van der Waals surface area contributed by atoms with Crippen LogP contribution in [0.15, 0.2) is 96.4 Å². The maximum atomic E-state index is 14.1. The zero-order chi connectivity index (χ0) is 24.5. The van der Waals surface area contributed by atoms with Gasteiger partial charge in [0, 0.05) is 35.2 Å². The van der Waals surface area contributed by atoms with Crippen molar-refractivity contribution in [2.45, 2.75) is 13.2 Å². The van der Waals surface area contributed by atoms with Crippen molar-refractivity contribution in [3.8, 4) is 11.5 Å². The van der Waals surface area contributed by atoms with Crippen molar-refractivity contribution in [2.75, 3.05) is 0 Å². The molecule has 0 saturated carbocycles. The van der Waals surface area contributed by atoms with Gasteiger partial charge in [-0.2, -0.15) is 5.10 Å². The predicted octanol–water partition coefficient (Wildman–Crippen LogP) is 5.28. The molecule has 0 saturated heterocycles. The van der Waals surface area contributed by atoms with Gasteiger partial charge in [-0.3, -0.25) is 9.78 Å². The summed E-state index contributed by atoms with van der Waals surface area (Å²) >= 11 is 0. The number of halogens is 2. The van der Waals surface area contributed by atoms with E-state index in [1.165, 1.54) is 24.5 Å². The third-order valence-corrected chi connectivity index (χ3v) is 4.97. The smallest absolute Gasteiger partial charge is 0.272 e. The molecule has 0 radical (unpaired) electrons. The number of ether oxygens (including phenoxy) is 2. The lowest BCUT2D eigenvalue weighted by atomic mass is 10.2. The van der Waals surface area contributed by atoms with Gasteiger partial charge in [0.2, 0.25) is 0 Å². The van der Waals surface area contributed by atoms with Crippen LogP contribution in [0.1, 0.15) is 27.0 Å². The van der Waals surface area contributed by atoms with Gasteiger partial charge in [0.1, 0.15) is 36.3 Å². The molecular weight excluding hydrogens is 452 g/mol. The average molecular weight is 473 g/mol. The first-order chi connectivity index (χ1) is 17.1.